The highest BCUT2D eigenvalue weighted by molar-refractivity contribution is 7.16. The van der Waals surface area contributed by atoms with Crippen LogP contribution in [0, 0.1) is 17.8 Å². The molecule has 18 heavy (non-hydrogen) atoms. The summed E-state index contributed by atoms with van der Waals surface area (Å²) in [7, 11) is 0. The van der Waals surface area contributed by atoms with Crippen molar-refractivity contribution in [2.75, 3.05) is 18.5 Å². The zero-order chi connectivity index (χ0) is 13.0. The molecule has 0 aromatic carbocycles. The number of carbonyl (C=O) groups is 1. The third kappa shape index (κ3) is 3.07. The van der Waals surface area contributed by atoms with Crippen LogP contribution in [0.1, 0.15) is 18.2 Å². The van der Waals surface area contributed by atoms with Gasteiger partial charge >= 0.3 is 0 Å². The van der Waals surface area contributed by atoms with Gasteiger partial charge in [-0.15, -0.1) is 0 Å². The van der Waals surface area contributed by atoms with Crippen LogP contribution >= 0.6 is 11.3 Å². The maximum absolute atomic E-state index is 11.9. The van der Waals surface area contributed by atoms with Crippen molar-refractivity contribution in [3.8, 4) is 11.8 Å². The number of carbonyl (C=O) groups excluding carboxylic acids is 1. The van der Waals surface area contributed by atoms with E-state index in [4.69, 9.17) is 9.84 Å². The first-order chi connectivity index (χ1) is 8.70. The summed E-state index contributed by atoms with van der Waals surface area (Å²) in [5.41, 5.74) is 0. The minimum absolute atomic E-state index is 0.156. The molecule has 5 nitrogen and oxygen atoms in total. The van der Waals surface area contributed by atoms with Gasteiger partial charge in [-0.3, -0.25) is 10.1 Å². The van der Waals surface area contributed by atoms with E-state index < -0.39 is 0 Å². The molecule has 1 aromatic rings. The Morgan fingerprint density at radius 2 is 2.61 bits per heavy atom. The molecule has 1 amide bonds. The van der Waals surface area contributed by atoms with Gasteiger partial charge in [-0.05, 0) is 12.3 Å². The van der Waals surface area contributed by atoms with E-state index in [1.807, 2.05) is 6.92 Å². The molecule has 2 unspecified atom stereocenters. The fraction of sp³-hybridized carbons (Fsp3) is 0.500. The van der Waals surface area contributed by atoms with E-state index >= 15 is 0 Å². The van der Waals surface area contributed by atoms with Crippen LogP contribution in [0.2, 0.25) is 0 Å². The number of nitrogens with zero attached hydrogens (tertiary/aromatic N) is 1. The SMILES string of the molecule is CC1CCOC1C(=O)Nc1ncc(C#CCO)s1. The minimum atomic E-state index is -0.388. The van der Waals surface area contributed by atoms with Crippen LogP contribution in [0.3, 0.4) is 0 Å². The first-order valence-corrected chi connectivity index (χ1v) is 6.50. The number of thiazole rings is 1. The van der Waals surface area contributed by atoms with Gasteiger partial charge in [0.1, 0.15) is 12.7 Å². The summed E-state index contributed by atoms with van der Waals surface area (Å²) in [6, 6.07) is 0. The zero-order valence-corrected chi connectivity index (χ0v) is 10.8. The Hall–Kier alpha value is -1.42. The van der Waals surface area contributed by atoms with Gasteiger partial charge in [0, 0.05) is 6.61 Å². The Balaban J connectivity index is 1.96. The first-order valence-electron chi connectivity index (χ1n) is 5.68. The highest BCUT2D eigenvalue weighted by Gasteiger charge is 2.31. The van der Waals surface area contributed by atoms with E-state index in [0.717, 1.165) is 6.42 Å². The Bertz CT molecular complexity index is 489. The summed E-state index contributed by atoms with van der Waals surface area (Å²) in [6.07, 6.45) is 2.09. The lowest BCUT2D eigenvalue weighted by atomic mass is 10.0. The molecule has 2 atom stereocenters. The molecule has 96 valence electrons. The third-order valence-corrected chi connectivity index (χ3v) is 3.50. The van der Waals surface area contributed by atoms with Crippen molar-refractivity contribution in [1.29, 1.82) is 0 Å². The predicted octanol–water partition coefficient (Wildman–Crippen LogP) is 0.850. The van der Waals surface area contributed by atoms with Gasteiger partial charge in [-0.1, -0.05) is 30.1 Å². The number of anilines is 1. The summed E-state index contributed by atoms with van der Waals surface area (Å²) in [5.74, 6) is 5.35. The van der Waals surface area contributed by atoms with Crippen LogP contribution in [-0.2, 0) is 9.53 Å². The molecule has 1 aliphatic heterocycles. The van der Waals surface area contributed by atoms with Gasteiger partial charge < -0.3 is 9.84 Å². The van der Waals surface area contributed by atoms with Crippen molar-refractivity contribution >= 4 is 22.4 Å². The molecular formula is C12H14N2O3S. The lowest BCUT2D eigenvalue weighted by Crippen LogP contribution is -2.31. The van der Waals surface area contributed by atoms with Crippen LogP contribution in [0.25, 0.3) is 0 Å². The standard InChI is InChI=1S/C12H14N2O3S/c1-8-4-6-17-10(8)11(16)14-12-13-7-9(18-12)3-2-5-15/h7-8,10,15H,4-6H2,1H3,(H,13,14,16). The number of aliphatic hydroxyl groups is 1. The molecule has 2 N–H and O–H groups in total. The van der Waals surface area contributed by atoms with E-state index in [1.165, 1.54) is 11.3 Å². The molecule has 0 spiro atoms. The number of hydrogen-bond donors (Lipinski definition) is 2. The maximum Gasteiger partial charge on any atom is 0.255 e. The number of nitrogens with one attached hydrogen (secondary N) is 1. The average Bonchev–Trinajstić information content (AvgIpc) is 2.95. The second-order valence-electron chi connectivity index (χ2n) is 4.04. The number of ether oxygens (including phenoxy) is 1. The fourth-order valence-corrected chi connectivity index (χ4v) is 2.42. The van der Waals surface area contributed by atoms with Gasteiger partial charge in [0.25, 0.3) is 5.91 Å². The molecule has 6 heteroatoms. The number of aromatic nitrogens is 1. The molecule has 1 aliphatic rings. The summed E-state index contributed by atoms with van der Waals surface area (Å²) >= 11 is 1.28. The quantitative estimate of drug-likeness (QED) is 0.779. The summed E-state index contributed by atoms with van der Waals surface area (Å²) < 4.78 is 5.37. The van der Waals surface area contributed by atoms with Crippen molar-refractivity contribution in [2.45, 2.75) is 19.4 Å². The number of aliphatic hydroxyl groups excluding tert-OH is 1. The Labute approximate surface area is 109 Å². The van der Waals surface area contributed by atoms with Gasteiger partial charge in [0.05, 0.1) is 11.1 Å². The molecule has 2 rings (SSSR count). The Morgan fingerprint density at radius 1 is 1.78 bits per heavy atom. The van der Waals surface area contributed by atoms with Crippen LogP contribution in [0.15, 0.2) is 6.20 Å². The van der Waals surface area contributed by atoms with E-state index in [9.17, 15) is 4.79 Å². The number of amides is 1. The van der Waals surface area contributed by atoms with Crippen molar-refractivity contribution in [2.24, 2.45) is 5.92 Å². The second kappa shape index (κ2) is 5.96. The van der Waals surface area contributed by atoms with E-state index in [2.05, 4.69) is 22.1 Å². The molecule has 2 heterocycles. The highest BCUT2D eigenvalue weighted by atomic mass is 32.1. The monoisotopic (exact) mass is 266 g/mol. The summed E-state index contributed by atoms with van der Waals surface area (Å²) in [6.45, 7) is 2.44. The van der Waals surface area contributed by atoms with Gasteiger partial charge in [0.15, 0.2) is 5.13 Å². The fourth-order valence-electron chi connectivity index (χ4n) is 1.72. The third-order valence-electron chi connectivity index (χ3n) is 2.67. The van der Waals surface area contributed by atoms with Crippen LogP contribution in [0.4, 0.5) is 5.13 Å². The molecule has 0 bridgehead atoms. The normalized spacial score (nSPS) is 22.3. The second-order valence-corrected chi connectivity index (χ2v) is 5.07. The van der Waals surface area contributed by atoms with Gasteiger partial charge in [-0.2, -0.15) is 0 Å². The summed E-state index contributed by atoms with van der Waals surface area (Å²) in [5, 5.41) is 11.8. The van der Waals surface area contributed by atoms with Crippen molar-refractivity contribution < 1.29 is 14.6 Å². The van der Waals surface area contributed by atoms with Crippen LogP contribution in [-0.4, -0.2) is 35.3 Å². The largest absolute Gasteiger partial charge is 0.384 e. The molecule has 1 aromatic heterocycles. The van der Waals surface area contributed by atoms with E-state index in [0.29, 0.717) is 16.6 Å². The molecule has 1 fully saturated rings. The first kappa shape index (κ1) is 13.0. The lowest BCUT2D eigenvalue weighted by Gasteiger charge is -2.12. The minimum Gasteiger partial charge on any atom is -0.384 e. The molecular weight excluding hydrogens is 252 g/mol. The van der Waals surface area contributed by atoms with Crippen molar-refractivity contribution in [3.63, 3.8) is 0 Å². The van der Waals surface area contributed by atoms with Gasteiger partial charge in [-0.25, -0.2) is 4.98 Å². The van der Waals surface area contributed by atoms with Gasteiger partial charge in [0.2, 0.25) is 0 Å². The Morgan fingerprint density at radius 3 is 3.28 bits per heavy atom. The zero-order valence-electron chi connectivity index (χ0n) is 9.97. The average molecular weight is 266 g/mol. The molecule has 1 saturated heterocycles. The smallest absolute Gasteiger partial charge is 0.255 e. The molecule has 0 saturated carbocycles. The van der Waals surface area contributed by atoms with Crippen LogP contribution in [0.5, 0.6) is 0 Å². The number of rotatable bonds is 2. The van der Waals surface area contributed by atoms with E-state index in [-0.39, 0.29) is 24.5 Å². The van der Waals surface area contributed by atoms with Crippen molar-refractivity contribution in [1.82, 2.24) is 4.98 Å². The molecule has 0 aliphatic carbocycles. The topological polar surface area (TPSA) is 71.5 Å². The highest BCUT2D eigenvalue weighted by Crippen LogP contribution is 2.23. The molecule has 0 radical (unpaired) electrons. The lowest BCUT2D eigenvalue weighted by molar-refractivity contribution is -0.126. The maximum atomic E-state index is 11.9. The van der Waals surface area contributed by atoms with E-state index in [1.54, 1.807) is 6.20 Å². The predicted molar refractivity (Wildman–Crippen MR) is 68.2 cm³/mol. The van der Waals surface area contributed by atoms with Crippen molar-refractivity contribution in [3.05, 3.63) is 11.1 Å². The Kier molecular flexibility index (Phi) is 4.31. The van der Waals surface area contributed by atoms with Crippen LogP contribution < -0.4 is 5.32 Å². The number of hydrogen-bond acceptors (Lipinski definition) is 5. The summed E-state index contributed by atoms with van der Waals surface area (Å²) in [4.78, 5) is 16.7.